The number of pyridine rings is 1. The standard InChI is InChI=1S/C20H22F2N4O3/c21-19(22)29-15-7-5-14(6-8-15)25-17(27)12-26-11-3-9-20(13-26,18(23)28)16-4-1-2-10-24-16/h1-2,4-8,10,19H,3,9,11-13H2,(H2,23,28)(H,25,27). The minimum Gasteiger partial charge on any atom is -0.435 e. The van der Waals surface area contributed by atoms with E-state index >= 15 is 0 Å². The molecule has 0 radical (unpaired) electrons. The zero-order chi connectivity index (χ0) is 20.9. The molecule has 2 amide bonds. The van der Waals surface area contributed by atoms with Gasteiger partial charge in [-0.15, -0.1) is 0 Å². The highest BCUT2D eigenvalue weighted by Crippen LogP contribution is 2.32. The molecule has 1 fully saturated rings. The first-order chi connectivity index (χ1) is 13.9. The number of ether oxygens (including phenoxy) is 1. The van der Waals surface area contributed by atoms with E-state index in [1.165, 1.54) is 24.3 Å². The predicted octanol–water partition coefficient (Wildman–Crippen LogP) is 2.14. The Kier molecular flexibility index (Phi) is 6.38. The molecule has 0 spiro atoms. The number of piperidine rings is 1. The summed E-state index contributed by atoms with van der Waals surface area (Å²) in [5, 5.41) is 2.71. The Balaban J connectivity index is 1.64. The predicted molar refractivity (Wildman–Crippen MR) is 102 cm³/mol. The number of alkyl halides is 2. The summed E-state index contributed by atoms with van der Waals surface area (Å²) in [6, 6.07) is 11.0. The number of hydrogen-bond acceptors (Lipinski definition) is 5. The molecule has 7 nitrogen and oxygen atoms in total. The highest BCUT2D eigenvalue weighted by Gasteiger charge is 2.43. The van der Waals surface area contributed by atoms with Gasteiger partial charge in [0.05, 0.1) is 12.2 Å². The third-order valence-corrected chi connectivity index (χ3v) is 4.93. The first-order valence-electron chi connectivity index (χ1n) is 9.17. The van der Waals surface area contributed by atoms with E-state index in [0.717, 1.165) is 0 Å². The molecular formula is C20H22F2N4O3. The second-order valence-electron chi connectivity index (χ2n) is 6.93. The van der Waals surface area contributed by atoms with Crippen molar-refractivity contribution in [1.82, 2.24) is 9.88 Å². The van der Waals surface area contributed by atoms with Crippen LogP contribution in [0, 0.1) is 0 Å². The summed E-state index contributed by atoms with van der Waals surface area (Å²) in [4.78, 5) is 30.9. The van der Waals surface area contributed by atoms with E-state index in [2.05, 4.69) is 15.0 Å². The van der Waals surface area contributed by atoms with Crippen LogP contribution in [0.2, 0.25) is 0 Å². The average Bonchev–Trinajstić information content (AvgIpc) is 2.69. The topological polar surface area (TPSA) is 97.6 Å². The minimum atomic E-state index is -2.90. The number of halogens is 2. The van der Waals surface area contributed by atoms with Crippen molar-refractivity contribution in [2.75, 3.05) is 25.0 Å². The van der Waals surface area contributed by atoms with Crippen molar-refractivity contribution in [3.63, 3.8) is 0 Å². The molecular weight excluding hydrogens is 382 g/mol. The Morgan fingerprint density at radius 3 is 2.62 bits per heavy atom. The second-order valence-corrected chi connectivity index (χ2v) is 6.93. The lowest BCUT2D eigenvalue weighted by atomic mass is 9.76. The van der Waals surface area contributed by atoms with Crippen LogP contribution in [0.25, 0.3) is 0 Å². The summed E-state index contributed by atoms with van der Waals surface area (Å²) in [5.41, 5.74) is 5.85. The Labute approximate surface area is 166 Å². The van der Waals surface area contributed by atoms with E-state index in [-0.39, 0.29) is 18.2 Å². The van der Waals surface area contributed by atoms with Crippen LogP contribution in [-0.4, -0.2) is 47.9 Å². The van der Waals surface area contributed by atoms with Crippen LogP contribution in [0.3, 0.4) is 0 Å². The normalized spacial score (nSPS) is 19.7. The first kappa shape index (κ1) is 20.7. The molecule has 3 N–H and O–H groups in total. The van der Waals surface area contributed by atoms with E-state index in [0.29, 0.717) is 37.3 Å². The van der Waals surface area contributed by atoms with Gasteiger partial charge in [-0.3, -0.25) is 19.5 Å². The summed E-state index contributed by atoms with van der Waals surface area (Å²) in [6.45, 7) is -1.89. The summed E-state index contributed by atoms with van der Waals surface area (Å²) in [6.07, 6.45) is 2.89. The van der Waals surface area contributed by atoms with Gasteiger partial charge in [0.1, 0.15) is 11.2 Å². The number of nitrogens with one attached hydrogen (secondary N) is 1. The second kappa shape index (κ2) is 8.95. The molecule has 2 heterocycles. The van der Waals surface area contributed by atoms with Gasteiger partial charge in [0.25, 0.3) is 0 Å². The van der Waals surface area contributed by atoms with Crippen molar-refractivity contribution in [3.8, 4) is 5.75 Å². The van der Waals surface area contributed by atoms with E-state index < -0.39 is 17.9 Å². The lowest BCUT2D eigenvalue weighted by Crippen LogP contribution is -2.55. The third kappa shape index (κ3) is 5.05. The van der Waals surface area contributed by atoms with Crippen molar-refractivity contribution >= 4 is 17.5 Å². The largest absolute Gasteiger partial charge is 0.435 e. The van der Waals surface area contributed by atoms with Gasteiger partial charge in [0.2, 0.25) is 11.8 Å². The van der Waals surface area contributed by atoms with Crippen molar-refractivity contribution in [1.29, 1.82) is 0 Å². The van der Waals surface area contributed by atoms with Crippen LogP contribution in [0.15, 0.2) is 48.7 Å². The molecule has 154 valence electrons. The molecule has 1 unspecified atom stereocenters. The number of aromatic nitrogens is 1. The summed E-state index contributed by atoms with van der Waals surface area (Å²) in [5.74, 6) is -0.736. The van der Waals surface area contributed by atoms with Gasteiger partial charge in [0.15, 0.2) is 0 Å². The highest BCUT2D eigenvalue weighted by molar-refractivity contribution is 5.92. The molecule has 0 saturated carbocycles. The number of anilines is 1. The maximum Gasteiger partial charge on any atom is 0.387 e. The van der Waals surface area contributed by atoms with E-state index in [9.17, 15) is 18.4 Å². The maximum atomic E-state index is 12.4. The van der Waals surface area contributed by atoms with Gasteiger partial charge in [0, 0.05) is 18.4 Å². The summed E-state index contributed by atoms with van der Waals surface area (Å²) < 4.78 is 28.7. The molecule has 1 atom stereocenters. The molecule has 2 aromatic rings. The molecule has 29 heavy (non-hydrogen) atoms. The van der Waals surface area contributed by atoms with Crippen LogP contribution in [0.4, 0.5) is 14.5 Å². The average molecular weight is 404 g/mol. The number of amides is 2. The number of benzene rings is 1. The maximum absolute atomic E-state index is 12.4. The van der Waals surface area contributed by atoms with Crippen LogP contribution in [-0.2, 0) is 15.0 Å². The van der Waals surface area contributed by atoms with Gasteiger partial charge in [-0.2, -0.15) is 8.78 Å². The van der Waals surface area contributed by atoms with E-state index in [1.54, 1.807) is 24.4 Å². The Bertz CT molecular complexity index is 849. The van der Waals surface area contributed by atoms with Crippen LogP contribution in [0.5, 0.6) is 5.75 Å². The zero-order valence-electron chi connectivity index (χ0n) is 15.7. The van der Waals surface area contributed by atoms with E-state index in [4.69, 9.17) is 5.73 Å². The monoisotopic (exact) mass is 404 g/mol. The van der Waals surface area contributed by atoms with Gasteiger partial charge in [-0.25, -0.2) is 0 Å². The molecule has 1 aromatic carbocycles. The quantitative estimate of drug-likeness (QED) is 0.737. The molecule has 3 rings (SSSR count). The fraction of sp³-hybridized carbons (Fsp3) is 0.350. The van der Waals surface area contributed by atoms with Crippen molar-refractivity contribution in [2.45, 2.75) is 24.9 Å². The van der Waals surface area contributed by atoms with Crippen LogP contribution < -0.4 is 15.8 Å². The SMILES string of the molecule is NC(=O)C1(c2ccccn2)CCCN(CC(=O)Nc2ccc(OC(F)F)cc2)C1. The lowest BCUT2D eigenvalue weighted by Gasteiger charge is -2.40. The molecule has 1 aliphatic heterocycles. The number of nitrogens with zero attached hydrogens (tertiary/aromatic N) is 2. The van der Waals surface area contributed by atoms with Crippen molar-refractivity contribution < 1.29 is 23.1 Å². The lowest BCUT2D eigenvalue weighted by molar-refractivity contribution is -0.127. The fourth-order valence-electron chi connectivity index (χ4n) is 3.58. The van der Waals surface area contributed by atoms with E-state index in [1.807, 2.05) is 4.90 Å². The fourth-order valence-corrected chi connectivity index (χ4v) is 3.58. The molecule has 1 aromatic heterocycles. The number of primary amides is 1. The van der Waals surface area contributed by atoms with Crippen LogP contribution >= 0.6 is 0 Å². The Morgan fingerprint density at radius 2 is 2.00 bits per heavy atom. The number of nitrogens with two attached hydrogens (primary N) is 1. The number of hydrogen-bond donors (Lipinski definition) is 2. The Morgan fingerprint density at radius 1 is 1.24 bits per heavy atom. The Hall–Kier alpha value is -3.07. The van der Waals surface area contributed by atoms with Gasteiger partial charge < -0.3 is 15.8 Å². The van der Waals surface area contributed by atoms with Gasteiger partial charge in [-0.1, -0.05) is 6.07 Å². The molecule has 1 saturated heterocycles. The first-order valence-corrected chi connectivity index (χ1v) is 9.17. The van der Waals surface area contributed by atoms with Gasteiger partial charge >= 0.3 is 6.61 Å². The molecule has 9 heteroatoms. The third-order valence-electron chi connectivity index (χ3n) is 4.93. The summed E-state index contributed by atoms with van der Waals surface area (Å²) in [7, 11) is 0. The van der Waals surface area contributed by atoms with Crippen molar-refractivity contribution in [3.05, 3.63) is 54.4 Å². The smallest absolute Gasteiger partial charge is 0.387 e. The highest BCUT2D eigenvalue weighted by atomic mass is 19.3. The molecule has 1 aliphatic rings. The van der Waals surface area contributed by atoms with Crippen LogP contribution in [0.1, 0.15) is 18.5 Å². The minimum absolute atomic E-state index is 0.00984. The number of rotatable bonds is 7. The number of carbonyl (C=O) groups excluding carboxylic acids is 2. The number of likely N-dealkylation sites (tertiary alicyclic amines) is 1. The number of carbonyl (C=O) groups is 2. The molecule has 0 bridgehead atoms. The zero-order valence-corrected chi connectivity index (χ0v) is 15.7. The van der Waals surface area contributed by atoms with Gasteiger partial charge in [-0.05, 0) is 55.8 Å². The van der Waals surface area contributed by atoms with Crippen molar-refractivity contribution in [2.24, 2.45) is 5.73 Å². The molecule has 0 aliphatic carbocycles. The summed E-state index contributed by atoms with van der Waals surface area (Å²) >= 11 is 0.